The summed E-state index contributed by atoms with van der Waals surface area (Å²) in [5.74, 6) is 0.122. The van der Waals surface area contributed by atoms with E-state index in [-0.39, 0.29) is 5.82 Å². The quantitative estimate of drug-likeness (QED) is 0.504. The van der Waals surface area contributed by atoms with Crippen LogP contribution in [0.2, 0.25) is 0 Å². The van der Waals surface area contributed by atoms with Crippen molar-refractivity contribution in [2.45, 2.75) is 44.4 Å². The predicted molar refractivity (Wildman–Crippen MR) is 130 cm³/mol. The minimum absolute atomic E-state index is 0.238. The van der Waals surface area contributed by atoms with E-state index < -0.39 is 5.91 Å². The van der Waals surface area contributed by atoms with E-state index in [1.165, 1.54) is 61.6 Å². The fourth-order valence-corrected chi connectivity index (χ4v) is 3.46. The number of amides is 1. The molecule has 5 rings (SSSR count). The lowest BCUT2D eigenvalue weighted by Crippen LogP contribution is -2.21. The van der Waals surface area contributed by atoms with Gasteiger partial charge in [0.25, 0.3) is 5.91 Å². The molecular formula is C23H33FN6OS. The molecule has 9 heteroatoms. The maximum atomic E-state index is 12.1. The third kappa shape index (κ3) is 7.80. The summed E-state index contributed by atoms with van der Waals surface area (Å²) in [4.78, 5) is 18.2. The molecule has 0 radical (unpaired) electrons. The lowest BCUT2D eigenvalue weighted by Gasteiger charge is -2.15. The Morgan fingerprint density at radius 3 is 2.28 bits per heavy atom. The van der Waals surface area contributed by atoms with E-state index in [0.717, 1.165) is 18.9 Å². The first-order valence-corrected chi connectivity index (χ1v) is 11.5. The molecule has 2 saturated heterocycles. The molecule has 0 saturated carbocycles. The fraction of sp³-hybridized carbons (Fsp3) is 0.435. The average Bonchev–Trinajstić information content (AvgIpc) is 3.58. The number of anilines is 1. The lowest BCUT2D eigenvalue weighted by molar-refractivity contribution is 0.0993. The maximum absolute atomic E-state index is 12.1. The first kappa shape index (κ1) is 25.6. The molecule has 1 amide bonds. The third-order valence-electron chi connectivity index (χ3n) is 4.80. The van der Waals surface area contributed by atoms with Crippen LogP contribution in [0.15, 0.2) is 47.5 Å². The van der Waals surface area contributed by atoms with Crippen molar-refractivity contribution < 1.29 is 9.18 Å². The van der Waals surface area contributed by atoms with Crippen molar-refractivity contribution >= 4 is 30.0 Å². The number of halogens is 1. The summed E-state index contributed by atoms with van der Waals surface area (Å²) in [5.41, 5.74) is 6.24. The van der Waals surface area contributed by atoms with Gasteiger partial charge in [0.05, 0.1) is 6.20 Å². The largest absolute Gasteiger partial charge is 0.364 e. The van der Waals surface area contributed by atoms with E-state index in [9.17, 15) is 9.18 Å². The first-order valence-electron chi connectivity index (χ1n) is 11.1. The lowest BCUT2D eigenvalue weighted by atomic mass is 10.4. The molecule has 2 aromatic heterocycles. The zero-order chi connectivity index (χ0) is 23.3. The number of rotatable bonds is 2. The Morgan fingerprint density at radius 2 is 1.78 bits per heavy atom. The number of fused-ring (bicyclic) bond motifs is 1. The molecule has 2 aliphatic rings. The van der Waals surface area contributed by atoms with Crippen LogP contribution in [0.3, 0.4) is 0 Å². The van der Waals surface area contributed by atoms with Crippen molar-refractivity contribution in [2.75, 3.05) is 31.1 Å². The summed E-state index contributed by atoms with van der Waals surface area (Å²) in [6.45, 7) is 8.53. The number of primary amides is 1. The second-order valence-corrected chi connectivity index (χ2v) is 7.62. The monoisotopic (exact) mass is 460 g/mol. The van der Waals surface area contributed by atoms with Gasteiger partial charge in [0.1, 0.15) is 17.3 Å². The van der Waals surface area contributed by atoms with Crippen molar-refractivity contribution in [3.63, 3.8) is 0 Å². The average molecular weight is 461 g/mol. The van der Waals surface area contributed by atoms with Gasteiger partial charge in [-0.2, -0.15) is 0 Å². The number of hydrogen-bond acceptors (Lipinski definition) is 6. The van der Waals surface area contributed by atoms with Crippen LogP contribution in [-0.4, -0.2) is 46.7 Å². The molecule has 3 aromatic rings. The highest BCUT2D eigenvalue weighted by Gasteiger charge is 2.16. The number of hydrogen-bond donors (Lipinski definition) is 3. The highest BCUT2D eigenvalue weighted by molar-refractivity contribution is 7.80. The minimum atomic E-state index is -0.511. The zero-order valence-electron chi connectivity index (χ0n) is 18.8. The van der Waals surface area contributed by atoms with Crippen LogP contribution in [0.25, 0.3) is 5.65 Å². The molecule has 4 heterocycles. The molecule has 0 spiro atoms. The number of imidazole rings is 1. The molecule has 0 aliphatic carbocycles. The SMILES string of the molecule is C1CCNC1.CC.Fc1cccc(S)c1.NC(=O)c1cnc2ccc(N3CCCC3)nn12. The number of aromatic nitrogens is 3. The van der Waals surface area contributed by atoms with Crippen LogP contribution in [-0.2, 0) is 0 Å². The Morgan fingerprint density at radius 1 is 1.09 bits per heavy atom. The van der Waals surface area contributed by atoms with E-state index >= 15 is 0 Å². The van der Waals surface area contributed by atoms with Gasteiger partial charge >= 0.3 is 0 Å². The van der Waals surface area contributed by atoms with E-state index in [0.29, 0.717) is 16.2 Å². The number of benzene rings is 1. The summed E-state index contributed by atoms with van der Waals surface area (Å²) in [6.07, 6.45) is 6.61. The van der Waals surface area contributed by atoms with Gasteiger partial charge in [0.2, 0.25) is 0 Å². The number of thiol groups is 1. The normalized spacial score (nSPS) is 14.6. The Kier molecular flexibility index (Phi) is 11.0. The van der Waals surface area contributed by atoms with Gasteiger partial charge in [-0.15, -0.1) is 17.7 Å². The first-order chi connectivity index (χ1) is 15.5. The summed E-state index contributed by atoms with van der Waals surface area (Å²) in [5, 5.41) is 7.64. The number of nitrogens with two attached hydrogens (primary N) is 1. The maximum Gasteiger partial charge on any atom is 0.269 e. The molecule has 0 atom stereocenters. The Balaban J connectivity index is 0.000000200. The van der Waals surface area contributed by atoms with E-state index in [1.807, 2.05) is 26.0 Å². The van der Waals surface area contributed by atoms with Gasteiger partial charge in [0, 0.05) is 18.0 Å². The Labute approximate surface area is 194 Å². The van der Waals surface area contributed by atoms with E-state index in [4.69, 9.17) is 5.73 Å². The van der Waals surface area contributed by atoms with Crippen LogP contribution in [0, 0.1) is 5.82 Å². The summed E-state index contributed by atoms with van der Waals surface area (Å²) >= 11 is 3.91. The Hall–Kier alpha value is -2.65. The topological polar surface area (TPSA) is 88.5 Å². The van der Waals surface area contributed by atoms with Gasteiger partial charge in [-0.25, -0.2) is 13.9 Å². The van der Waals surface area contributed by atoms with Gasteiger partial charge in [-0.1, -0.05) is 19.9 Å². The minimum Gasteiger partial charge on any atom is -0.364 e. The Bertz CT molecular complexity index is 945. The zero-order valence-corrected chi connectivity index (χ0v) is 19.7. The van der Waals surface area contributed by atoms with E-state index in [1.54, 1.807) is 12.1 Å². The van der Waals surface area contributed by atoms with Crippen molar-refractivity contribution in [3.8, 4) is 0 Å². The summed E-state index contributed by atoms with van der Waals surface area (Å²) < 4.78 is 13.6. The smallest absolute Gasteiger partial charge is 0.269 e. The molecule has 2 fully saturated rings. The molecule has 1 aromatic carbocycles. The van der Waals surface area contributed by atoms with Gasteiger partial charge in [0.15, 0.2) is 5.65 Å². The highest BCUT2D eigenvalue weighted by Crippen LogP contribution is 2.18. The van der Waals surface area contributed by atoms with Crippen LogP contribution < -0.4 is 16.0 Å². The van der Waals surface area contributed by atoms with Crippen LogP contribution in [0.1, 0.15) is 50.0 Å². The standard InChI is InChI=1S/C11H13N5O.C6H5FS.C4H9N.C2H6/c12-11(17)8-7-13-9-3-4-10(14-16(8)9)15-5-1-2-6-15;7-5-2-1-3-6(8)4-5;1-2-4-5-3-1;1-2/h3-4,7H,1-2,5-6H2,(H2,12,17);1-4,8H;5H,1-4H2;1-2H3. The number of nitrogens with zero attached hydrogens (tertiary/aromatic N) is 4. The fourth-order valence-electron chi connectivity index (χ4n) is 3.25. The van der Waals surface area contributed by atoms with Gasteiger partial charge in [-0.3, -0.25) is 4.79 Å². The molecule has 0 unspecified atom stereocenters. The van der Waals surface area contributed by atoms with Gasteiger partial charge in [-0.05, 0) is 69.1 Å². The number of carbonyl (C=O) groups excluding carboxylic acids is 1. The summed E-state index contributed by atoms with van der Waals surface area (Å²) in [6, 6.07) is 9.89. The molecule has 32 heavy (non-hydrogen) atoms. The van der Waals surface area contributed by atoms with Crippen molar-refractivity contribution in [2.24, 2.45) is 5.73 Å². The molecular weight excluding hydrogens is 427 g/mol. The molecule has 0 bridgehead atoms. The molecule has 7 nitrogen and oxygen atoms in total. The molecule has 2 aliphatic heterocycles. The number of nitrogens with one attached hydrogen (secondary N) is 1. The number of carbonyl (C=O) groups is 1. The predicted octanol–water partition coefficient (Wildman–Crippen LogP) is 3.94. The third-order valence-corrected chi connectivity index (χ3v) is 5.07. The molecule has 3 N–H and O–H groups in total. The second kappa shape index (κ2) is 13.7. The van der Waals surface area contributed by atoms with E-state index in [2.05, 4.69) is 32.9 Å². The van der Waals surface area contributed by atoms with Crippen molar-refractivity contribution in [1.82, 2.24) is 19.9 Å². The van der Waals surface area contributed by atoms with Crippen LogP contribution in [0.4, 0.5) is 10.2 Å². The second-order valence-electron chi connectivity index (χ2n) is 7.10. The summed E-state index contributed by atoms with van der Waals surface area (Å²) in [7, 11) is 0. The highest BCUT2D eigenvalue weighted by atomic mass is 32.1. The van der Waals surface area contributed by atoms with Gasteiger partial charge < -0.3 is 16.0 Å². The van der Waals surface area contributed by atoms with Crippen LogP contribution >= 0.6 is 12.6 Å². The van der Waals surface area contributed by atoms with Crippen LogP contribution in [0.5, 0.6) is 0 Å². The van der Waals surface area contributed by atoms with Crippen molar-refractivity contribution in [1.29, 1.82) is 0 Å². The molecule has 174 valence electrons. The van der Waals surface area contributed by atoms with Crippen molar-refractivity contribution in [3.05, 3.63) is 54.1 Å².